The summed E-state index contributed by atoms with van der Waals surface area (Å²) in [5, 5.41) is 4.15. The van der Waals surface area contributed by atoms with Crippen LogP contribution in [0.1, 0.15) is 0 Å². The van der Waals surface area contributed by atoms with E-state index in [1.165, 1.54) is 0 Å². The second kappa shape index (κ2) is 2.41. The molecule has 0 aromatic carbocycles. The third kappa shape index (κ3) is 0.972. The molecule has 0 saturated heterocycles. The van der Waals surface area contributed by atoms with E-state index < -0.39 is 0 Å². The zero-order valence-electron chi connectivity index (χ0n) is 6.69. The first-order valence-corrected chi connectivity index (χ1v) is 3.61. The molecule has 0 aliphatic carbocycles. The van der Waals surface area contributed by atoms with Gasteiger partial charge in [-0.15, -0.1) is 0 Å². The molecule has 4 heteroatoms. The quantitative estimate of drug-likeness (QED) is 0.688. The van der Waals surface area contributed by atoms with Gasteiger partial charge in [-0.25, -0.2) is 0 Å². The van der Waals surface area contributed by atoms with Crippen molar-refractivity contribution in [3.05, 3.63) is 24.5 Å². The van der Waals surface area contributed by atoms with Gasteiger partial charge < -0.3 is 10.2 Å². The van der Waals surface area contributed by atoms with Crippen molar-refractivity contribution in [3.8, 4) is 11.5 Å². The average molecular weight is 163 g/mol. The lowest BCUT2D eigenvalue weighted by Gasteiger charge is -1.88. The van der Waals surface area contributed by atoms with Crippen molar-refractivity contribution < 1.29 is 4.42 Å². The van der Waals surface area contributed by atoms with Gasteiger partial charge in [0.15, 0.2) is 5.76 Å². The summed E-state index contributed by atoms with van der Waals surface area (Å²) in [7, 11) is 1.79. The standard InChI is InChI=1S/C8H9N3O/c1-11-8(9)5-6(10-11)7-3-2-4-12-7/h2-5H,9H2,1H3. The van der Waals surface area contributed by atoms with Crippen molar-refractivity contribution in [3.63, 3.8) is 0 Å². The van der Waals surface area contributed by atoms with E-state index in [1.54, 1.807) is 24.1 Å². The van der Waals surface area contributed by atoms with Gasteiger partial charge in [0, 0.05) is 13.1 Å². The lowest BCUT2D eigenvalue weighted by Crippen LogP contribution is -1.96. The number of aromatic nitrogens is 2. The van der Waals surface area contributed by atoms with Crippen molar-refractivity contribution in [1.29, 1.82) is 0 Å². The molecular weight excluding hydrogens is 154 g/mol. The third-order valence-corrected chi connectivity index (χ3v) is 1.69. The topological polar surface area (TPSA) is 57.0 Å². The zero-order chi connectivity index (χ0) is 8.55. The molecule has 2 N–H and O–H groups in total. The number of hydrogen-bond acceptors (Lipinski definition) is 3. The molecule has 2 rings (SSSR count). The minimum Gasteiger partial charge on any atom is -0.463 e. The smallest absolute Gasteiger partial charge is 0.154 e. The van der Waals surface area contributed by atoms with E-state index in [-0.39, 0.29) is 0 Å². The summed E-state index contributed by atoms with van der Waals surface area (Å²) in [5.74, 6) is 1.36. The summed E-state index contributed by atoms with van der Waals surface area (Å²) in [6.07, 6.45) is 1.61. The Bertz CT molecular complexity index is 355. The monoisotopic (exact) mass is 163 g/mol. The van der Waals surface area contributed by atoms with E-state index in [0.717, 1.165) is 11.5 Å². The Labute approximate surface area is 69.6 Å². The van der Waals surface area contributed by atoms with Gasteiger partial charge in [0.1, 0.15) is 11.5 Å². The first-order chi connectivity index (χ1) is 5.77. The largest absolute Gasteiger partial charge is 0.463 e. The van der Waals surface area contributed by atoms with Crippen LogP contribution in [0.2, 0.25) is 0 Å². The Morgan fingerprint density at radius 2 is 2.42 bits per heavy atom. The van der Waals surface area contributed by atoms with Gasteiger partial charge in [-0.1, -0.05) is 0 Å². The number of hydrogen-bond donors (Lipinski definition) is 1. The Hall–Kier alpha value is -1.71. The number of rotatable bonds is 1. The van der Waals surface area contributed by atoms with E-state index in [1.807, 2.05) is 12.1 Å². The molecule has 2 aromatic heterocycles. The molecule has 0 atom stereocenters. The SMILES string of the molecule is Cn1nc(-c2ccco2)cc1N. The van der Waals surface area contributed by atoms with Gasteiger partial charge in [-0.2, -0.15) is 5.10 Å². The van der Waals surface area contributed by atoms with Crippen molar-refractivity contribution in [2.45, 2.75) is 0 Å². The highest BCUT2D eigenvalue weighted by molar-refractivity contribution is 5.56. The number of nitrogens with two attached hydrogens (primary N) is 1. The fourth-order valence-corrected chi connectivity index (χ4v) is 1.03. The lowest BCUT2D eigenvalue weighted by molar-refractivity contribution is 0.578. The fourth-order valence-electron chi connectivity index (χ4n) is 1.03. The lowest BCUT2D eigenvalue weighted by atomic mass is 10.3. The highest BCUT2D eigenvalue weighted by Gasteiger charge is 2.05. The van der Waals surface area contributed by atoms with Gasteiger partial charge in [-0.3, -0.25) is 4.68 Å². The molecule has 0 unspecified atom stereocenters. The Kier molecular flexibility index (Phi) is 1.40. The van der Waals surface area contributed by atoms with Crippen LogP contribution < -0.4 is 5.73 Å². The average Bonchev–Trinajstić information content (AvgIpc) is 2.61. The van der Waals surface area contributed by atoms with Crippen LogP contribution in [0.15, 0.2) is 28.9 Å². The van der Waals surface area contributed by atoms with Gasteiger partial charge in [0.2, 0.25) is 0 Å². The Morgan fingerprint density at radius 3 is 2.92 bits per heavy atom. The maximum absolute atomic E-state index is 5.61. The summed E-state index contributed by atoms with van der Waals surface area (Å²) in [6.45, 7) is 0. The predicted molar refractivity (Wildman–Crippen MR) is 45.3 cm³/mol. The van der Waals surface area contributed by atoms with E-state index in [9.17, 15) is 0 Å². The third-order valence-electron chi connectivity index (χ3n) is 1.69. The second-order valence-electron chi connectivity index (χ2n) is 2.56. The molecular formula is C8H9N3O. The van der Waals surface area contributed by atoms with Crippen LogP contribution in [0.3, 0.4) is 0 Å². The summed E-state index contributed by atoms with van der Waals surface area (Å²) in [5.41, 5.74) is 6.37. The van der Waals surface area contributed by atoms with Crippen LogP contribution in [0.4, 0.5) is 5.82 Å². The molecule has 4 nitrogen and oxygen atoms in total. The molecule has 0 radical (unpaired) electrons. The van der Waals surface area contributed by atoms with Crippen LogP contribution in [0, 0.1) is 0 Å². The molecule has 0 aliphatic heterocycles. The minimum absolute atomic E-state index is 0.626. The number of aryl methyl sites for hydroxylation is 1. The molecule has 0 aliphatic rings. The molecule has 0 saturated carbocycles. The number of nitrogen functional groups attached to an aromatic ring is 1. The van der Waals surface area contributed by atoms with Crippen LogP contribution in [0.25, 0.3) is 11.5 Å². The van der Waals surface area contributed by atoms with E-state index >= 15 is 0 Å². The fraction of sp³-hybridized carbons (Fsp3) is 0.125. The van der Waals surface area contributed by atoms with Gasteiger partial charge in [0.05, 0.1) is 6.26 Å². The van der Waals surface area contributed by atoms with Crippen LogP contribution in [0.5, 0.6) is 0 Å². The normalized spacial score (nSPS) is 10.4. The molecule has 2 heterocycles. The molecule has 2 aromatic rings. The maximum Gasteiger partial charge on any atom is 0.154 e. The summed E-state index contributed by atoms with van der Waals surface area (Å²) >= 11 is 0. The van der Waals surface area contributed by atoms with Crippen molar-refractivity contribution in [1.82, 2.24) is 9.78 Å². The molecule has 62 valence electrons. The number of nitrogens with zero attached hydrogens (tertiary/aromatic N) is 2. The molecule has 12 heavy (non-hydrogen) atoms. The van der Waals surface area contributed by atoms with Gasteiger partial charge >= 0.3 is 0 Å². The number of anilines is 1. The van der Waals surface area contributed by atoms with E-state index in [4.69, 9.17) is 10.2 Å². The van der Waals surface area contributed by atoms with Crippen molar-refractivity contribution >= 4 is 5.82 Å². The maximum atomic E-state index is 5.61. The van der Waals surface area contributed by atoms with Crippen LogP contribution in [-0.4, -0.2) is 9.78 Å². The highest BCUT2D eigenvalue weighted by atomic mass is 16.3. The van der Waals surface area contributed by atoms with Crippen LogP contribution in [-0.2, 0) is 7.05 Å². The first-order valence-electron chi connectivity index (χ1n) is 3.61. The summed E-state index contributed by atoms with van der Waals surface area (Å²) < 4.78 is 6.77. The second-order valence-corrected chi connectivity index (χ2v) is 2.56. The summed E-state index contributed by atoms with van der Waals surface area (Å²) in [4.78, 5) is 0. The Morgan fingerprint density at radius 1 is 1.58 bits per heavy atom. The summed E-state index contributed by atoms with van der Waals surface area (Å²) in [6, 6.07) is 5.45. The predicted octanol–water partition coefficient (Wildman–Crippen LogP) is 1.26. The molecule has 0 amide bonds. The van der Waals surface area contributed by atoms with Crippen molar-refractivity contribution in [2.24, 2.45) is 7.05 Å². The number of furan rings is 1. The molecule has 0 fully saturated rings. The Balaban J connectivity index is 2.48. The highest BCUT2D eigenvalue weighted by Crippen LogP contribution is 2.19. The van der Waals surface area contributed by atoms with Crippen LogP contribution >= 0.6 is 0 Å². The molecule has 0 bridgehead atoms. The van der Waals surface area contributed by atoms with Gasteiger partial charge in [0.25, 0.3) is 0 Å². The minimum atomic E-state index is 0.626. The molecule has 0 spiro atoms. The zero-order valence-corrected chi connectivity index (χ0v) is 6.69. The van der Waals surface area contributed by atoms with E-state index in [0.29, 0.717) is 5.82 Å². The van der Waals surface area contributed by atoms with Gasteiger partial charge in [-0.05, 0) is 12.1 Å². The van der Waals surface area contributed by atoms with Crippen molar-refractivity contribution in [2.75, 3.05) is 5.73 Å². The van der Waals surface area contributed by atoms with E-state index in [2.05, 4.69) is 5.10 Å². The first kappa shape index (κ1) is 6.97.